The van der Waals surface area contributed by atoms with Crippen LogP contribution in [0.3, 0.4) is 0 Å². The molecule has 0 heterocycles. The van der Waals surface area contributed by atoms with Gasteiger partial charge in [-0.15, -0.1) is 11.8 Å². The van der Waals surface area contributed by atoms with Crippen LogP contribution in [0.5, 0.6) is 0 Å². The number of carbonyl (C=O) groups excluding carboxylic acids is 1. The smallest absolute Gasteiger partial charge is 0.346 e. The van der Waals surface area contributed by atoms with Gasteiger partial charge in [-0.05, 0) is 24.7 Å². The summed E-state index contributed by atoms with van der Waals surface area (Å²) in [4.78, 5) is 12.1. The van der Waals surface area contributed by atoms with Gasteiger partial charge in [-0.25, -0.2) is 0 Å². The predicted molar refractivity (Wildman–Crippen MR) is 69.0 cm³/mol. The molecule has 1 amide bonds. The van der Waals surface area contributed by atoms with Gasteiger partial charge >= 0.3 is 6.18 Å². The van der Waals surface area contributed by atoms with Gasteiger partial charge in [0.15, 0.2) is 0 Å². The SMILES string of the molecule is CNCc1cccc(SCC(=O)NCC(F)(F)F)c1. The van der Waals surface area contributed by atoms with E-state index in [1.54, 1.807) is 0 Å². The highest BCUT2D eigenvalue weighted by Gasteiger charge is 2.27. The first-order chi connectivity index (χ1) is 8.90. The van der Waals surface area contributed by atoms with Gasteiger partial charge in [0, 0.05) is 11.4 Å². The van der Waals surface area contributed by atoms with E-state index in [2.05, 4.69) is 5.32 Å². The first-order valence-electron chi connectivity index (χ1n) is 5.60. The maximum Gasteiger partial charge on any atom is 0.405 e. The number of carbonyl (C=O) groups is 1. The molecule has 1 aromatic carbocycles. The van der Waals surface area contributed by atoms with E-state index in [9.17, 15) is 18.0 Å². The summed E-state index contributed by atoms with van der Waals surface area (Å²) < 4.78 is 35.7. The largest absolute Gasteiger partial charge is 0.405 e. The van der Waals surface area contributed by atoms with Crippen LogP contribution >= 0.6 is 11.8 Å². The van der Waals surface area contributed by atoms with Gasteiger partial charge in [0.2, 0.25) is 5.91 Å². The predicted octanol–water partition coefficient (Wildman–Crippen LogP) is 2.18. The highest BCUT2D eigenvalue weighted by molar-refractivity contribution is 8.00. The zero-order chi connectivity index (χ0) is 14.3. The van der Waals surface area contributed by atoms with E-state index in [1.807, 2.05) is 36.6 Å². The van der Waals surface area contributed by atoms with Crippen LogP contribution in [-0.2, 0) is 11.3 Å². The fourth-order valence-electron chi connectivity index (χ4n) is 1.35. The molecule has 1 aromatic rings. The minimum atomic E-state index is -4.37. The molecular formula is C12H15F3N2OS. The number of thioether (sulfide) groups is 1. The number of benzene rings is 1. The molecule has 0 bridgehead atoms. The summed E-state index contributed by atoms with van der Waals surface area (Å²) in [6.07, 6.45) is -4.37. The first kappa shape index (κ1) is 15.8. The van der Waals surface area contributed by atoms with Crippen molar-refractivity contribution in [3.63, 3.8) is 0 Å². The zero-order valence-corrected chi connectivity index (χ0v) is 11.2. The summed E-state index contributed by atoms with van der Waals surface area (Å²) in [5.41, 5.74) is 1.06. The molecule has 106 valence electrons. The number of amides is 1. The minimum absolute atomic E-state index is 0.0287. The van der Waals surface area contributed by atoms with Crippen molar-refractivity contribution in [2.24, 2.45) is 0 Å². The van der Waals surface area contributed by atoms with Crippen molar-refractivity contribution in [2.45, 2.75) is 17.6 Å². The van der Waals surface area contributed by atoms with Gasteiger partial charge in [0.05, 0.1) is 5.75 Å². The quantitative estimate of drug-likeness (QED) is 0.790. The summed E-state index contributed by atoms with van der Waals surface area (Å²) in [6.45, 7) is -0.582. The van der Waals surface area contributed by atoms with Crippen molar-refractivity contribution in [3.05, 3.63) is 29.8 Å². The molecule has 0 spiro atoms. The van der Waals surface area contributed by atoms with E-state index in [4.69, 9.17) is 0 Å². The van der Waals surface area contributed by atoms with E-state index in [0.29, 0.717) is 6.54 Å². The normalized spacial score (nSPS) is 11.4. The highest BCUT2D eigenvalue weighted by Crippen LogP contribution is 2.19. The number of alkyl halides is 3. The van der Waals surface area contributed by atoms with Crippen molar-refractivity contribution in [2.75, 3.05) is 19.3 Å². The van der Waals surface area contributed by atoms with E-state index < -0.39 is 18.6 Å². The summed E-state index contributed by atoms with van der Waals surface area (Å²) in [6, 6.07) is 7.51. The van der Waals surface area contributed by atoms with Crippen LogP contribution in [-0.4, -0.2) is 31.4 Å². The second-order valence-electron chi connectivity index (χ2n) is 3.86. The van der Waals surface area contributed by atoms with E-state index in [1.165, 1.54) is 11.8 Å². The van der Waals surface area contributed by atoms with Gasteiger partial charge in [0.25, 0.3) is 0 Å². The van der Waals surface area contributed by atoms with Crippen LogP contribution in [0.2, 0.25) is 0 Å². The standard InChI is InChI=1S/C12H15F3N2OS/c1-16-6-9-3-2-4-10(5-9)19-7-11(18)17-8-12(13,14)15/h2-5,16H,6-8H2,1H3,(H,17,18). The minimum Gasteiger partial charge on any atom is -0.346 e. The van der Waals surface area contributed by atoms with Crippen LogP contribution in [0.4, 0.5) is 13.2 Å². The van der Waals surface area contributed by atoms with Crippen LogP contribution in [0, 0.1) is 0 Å². The van der Waals surface area contributed by atoms with Crippen molar-refractivity contribution in [1.82, 2.24) is 10.6 Å². The lowest BCUT2D eigenvalue weighted by Gasteiger charge is -2.08. The lowest BCUT2D eigenvalue weighted by molar-refractivity contribution is -0.136. The average molecular weight is 292 g/mol. The second-order valence-corrected chi connectivity index (χ2v) is 4.91. The van der Waals surface area contributed by atoms with Crippen LogP contribution in [0.1, 0.15) is 5.56 Å². The zero-order valence-electron chi connectivity index (χ0n) is 10.4. The molecule has 2 N–H and O–H groups in total. The third-order valence-corrected chi connectivity index (χ3v) is 3.13. The van der Waals surface area contributed by atoms with Crippen LogP contribution in [0.15, 0.2) is 29.2 Å². The Morgan fingerprint density at radius 3 is 2.74 bits per heavy atom. The van der Waals surface area contributed by atoms with Gasteiger partial charge in [-0.2, -0.15) is 13.2 Å². The molecule has 7 heteroatoms. The lowest BCUT2D eigenvalue weighted by atomic mass is 10.2. The Labute approximate surface area is 114 Å². The summed E-state index contributed by atoms with van der Waals surface area (Å²) in [7, 11) is 1.82. The maximum absolute atomic E-state index is 11.9. The summed E-state index contributed by atoms with van der Waals surface area (Å²) >= 11 is 1.21. The van der Waals surface area contributed by atoms with Crippen LogP contribution < -0.4 is 10.6 Å². The molecule has 19 heavy (non-hydrogen) atoms. The van der Waals surface area contributed by atoms with Crippen molar-refractivity contribution < 1.29 is 18.0 Å². The molecule has 0 fully saturated rings. The molecule has 0 radical (unpaired) electrons. The fraction of sp³-hybridized carbons (Fsp3) is 0.417. The second kappa shape index (κ2) is 7.40. The average Bonchev–Trinajstić information content (AvgIpc) is 2.34. The number of hydrogen-bond donors (Lipinski definition) is 2. The van der Waals surface area contributed by atoms with Crippen molar-refractivity contribution in [3.8, 4) is 0 Å². The Morgan fingerprint density at radius 1 is 1.37 bits per heavy atom. The molecule has 0 aliphatic rings. The van der Waals surface area contributed by atoms with Crippen molar-refractivity contribution >= 4 is 17.7 Å². The molecular weight excluding hydrogens is 277 g/mol. The van der Waals surface area contributed by atoms with Gasteiger partial charge in [0.1, 0.15) is 6.54 Å². The van der Waals surface area contributed by atoms with E-state index >= 15 is 0 Å². The Morgan fingerprint density at radius 2 is 2.11 bits per heavy atom. The Kier molecular flexibility index (Phi) is 6.17. The molecule has 3 nitrogen and oxygen atoms in total. The summed E-state index contributed by atoms with van der Waals surface area (Å²) in [5, 5.41) is 4.83. The first-order valence-corrected chi connectivity index (χ1v) is 6.59. The number of halogens is 3. The molecule has 0 saturated carbocycles. The van der Waals surface area contributed by atoms with E-state index in [-0.39, 0.29) is 5.75 Å². The maximum atomic E-state index is 11.9. The van der Waals surface area contributed by atoms with Gasteiger partial charge in [-0.3, -0.25) is 4.79 Å². The summed E-state index contributed by atoms with van der Waals surface area (Å²) in [5.74, 6) is -0.652. The molecule has 0 aliphatic heterocycles. The molecule has 1 rings (SSSR count). The molecule has 0 aromatic heterocycles. The van der Waals surface area contributed by atoms with Gasteiger partial charge < -0.3 is 10.6 Å². The van der Waals surface area contributed by atoms with Crippen LogP contribution in [0.25, 0.3) is 0 Å². The monoisotopic (exact) mass is 292 g/mol. The number of rotatable bonds is 6. The Bertz CT molecular complexity index is 424. The number of nitrogens with one attached hydrogen (secondary N) is 2. The Hall–Kier alpha value is -1.21. The van der Waals surface area contributed by atoms with Crippen molar-refractivity contribution in [1.29, 1.82) is 0 Å². The molecule has 0 saturated heterocycles. The third kappa shape index (κ3) is 7.07. The topological polar surface area (TPSA) is 41.1 Å². The highest BCUT2D eigenvalue weighted by atomic mass is 32.2. The number of hydrogen-bond acceptors (Lipinski definition) is 3. The fourth-order valence-corrected chi connectivity index (χ4v) is 2.16. The van der Waals surface area contributed by atoms with E-state index in [0.717, 1.165) is 10.5 Å². The molecule has 0 aliphatic carbocycles. The Balaban J connectivity index is 2.39. The van der Waals surface area contributed by atoms with Gasteiger partial charge in [-0.1, -0.05) is 12.1 Å². The lowest BCUT2D eigenvalue weighted by Crippen LogP contribution is -2.34. The molecule has 0 atom stereocenters. The third-order valence-electron chi connectivity index (χ3n) is 2.14. The molecule has 0 unspecified atom stereocenters.